The quantitative estimate of drug-likeness (QED) is 0.771. The lowest BCUT2D eigenvalue weighted by atomic mass is 10.2. The molecule has 0 amide bonds. The second-order valence-corrected chi connectivity index (χ2v) is 6.60. The molecule has 2 aromatic rings. The first-order valence-corrected chi connectivity index (χ1v) is 8.56. The van der Waals surface area contributed by atoms with Crippen molar-refractivity contribution < 1.29 is 0 Å². The predicted molar refractivity (Wildman–Crippen MR) is 89.3 cm³/mol. The van der Waals surface area contributed by atoms with Gasteiger partial charge in [0, 0.05) is 46.5 Å². The van der Waals surface area contributed by atoms with Crippen LogP contribution in [0.1, 0.15) is 12.7 Å². The predicted octanol–water partition coefficient (Wildman–Crippen LogP) is 3.59. The van der Waals surface area contributed by atoms with E-state index in [4.69, 9.17) is 0 Å². The number of imidazole rings is 1. The minimum Gasteiger partial charge on any atom is -0.335 e. The summed E-state index contributed by atoms with van der Waals surface area (Å²) in [5.41, 5.74) is 0. The van der Waals surface area contributed by atoms with E-state index in [0.29, 0.717) is 6.04 Å². The van der Waals surface area contributed by atoms with E-state index in [1.807, 2.05) is 31.2 Å². The molecule has 1 atom stereocenters. The summed E-state index contributed by atoms with van der Waals surface area (Å²) >= 11 is 5.38. The van der Waals surface area contributed by atoms with Crippen LogP contribution in [-0.2, 0) is 13.0 Å². The lowest BCUT2D eigenvalue weighted by Crippen LogP contribution is -2.31. The minimum atomic E-state index is 0.423. The van der Waals surface area contributed by atoms with Gasteiger partial charge in [0.05, 0.1) is 0 Å². The van der Waals surface area contributed by atoms with Gasteiger partial charge in [0.2, 0.25) is 0 Å². The number of halogens is 1. The Morgan fingerprint density at radius 1 is 1.45 bits per heavy atom. The molecule has 1 heterocycles. The summed E-state index contributed by atoms with van der Waals surface area (Å²) in [5, 5.41) is 3.39. The minimum absolute atomic E-state index is 0.423. The number of aryl methyl sites for hydroxylation is 1. The van der Waals surface area contributed by atoms with Gasteiger partial charge >= 0.3 is 0 Å². The maximum atomic E-state index is 4.45. The van der Waals surface area contributed by atoms with Crippen molar-refractivity contribution in [3.8, 4) is 0 Å². The molecule has 0 aliphatic carbocycles. The standard InChI is InChI=1S/C15H20BrN3S/c1-3-19-8-7-18-15(19)10-13(17-2)11-20-14-6-4-5-12(16)9-14/h4-9,13,17H,3,10-11H2,1-2H3. The molecule has 0 bridgehead atoms. The monoisotopic (exact) mass is 353 g/mol. The van der Waals surface area contributed by atoms with Gasteiger partial charge in [-0.15, -0.1) is 11.8 Å². The first-order valence-electron chi connectivity index (χ1n) is 6.78. The molecule has 20 heavy (non-hydrogen) atoms. The van der Waals surface area contributed by atoms with E-state index in [2.05, 4.69) is 62.0 Å². The van der Waals surface area contributed by atoms with E-state index in [1.165, 1.54) is 4.90 Å². The molecule has 0 saturated heterocycles. The zero-order valence-electron chi connectivity index (χ0n) is 11.8. The van der Waals surface area contributed by atoms with Crippen LogP contribution in [0.3, 0.4) is 0 Å². The van der Waals surface area contributed by atoms with Crippen LogP contribution in [0, 0.1) is 0 Å². The molecule has 2 rings (SSSR count). The van der Waals surface area contributed by atoms with Crippen LogP contribution in [0.2, 0.25) is 0 Å². The van der Waals surface area contributed by atoms with Crippen LogP contribution in [-0.4, -0.2) is 28.4 Å². The summed E-state index contributed by atoms with van der Waals surface area (Å²) in [6, 6.07) is 8.86. The molecule has 0 spiro atoms. The summed E-state index contributed by atoms with van der Waals surface area (Å²) < 4.78 is 3.33. The Labute approximate surface area is 133 Å². The number of thioether (sulfide) groups is 1. The van der Waals surface area contributed by atoms with Gasteiger partial charge in [-0.3, -0.25) is 0 Å². The molecular formula is C15H20BrN3S. The normalized spacial score (nSPS) is 12.6. The van der Waals surface area contributed by atoms with E-state index in [1.54, 1.807) is 0 Å². The van der Waals surface area contributed by atoms with E-state index >= 15 is 0 Å². The smallest absolute Gasteiger partial charge is 0.110 e. The first-order chi connectivity index (χ1) is 9.72. The molecule has 108 valence electrons. The number of likely N-dealkylation sites (N-methyl/N-ethyl adjacent to an activating group) is 1. The highest BCUT2D eigenvalue weighted by atomic mass is 79.9. The van der Waals surface area contributed by atoms with Gasteiger partial charge in [-0.1, -0.05) is 22.0 Å². The highest BCUT2D eigenvalue weighted by Gasteiger charge is 2.11. The second kappa shape index (κ2) is 7.86. The Kier molecular flexibility index (Phi) is 6.13. The van der Waals surface area contributed by atoms with E-state index in [-0.39, 0.29) is 0 Å². The fraction of sp³-hybridized carbons (Fsp3) is 0.400. The molecule has 1 aromatic carbocycles. The largest absolute Gasteiger partial charge is 0.335 e. The van der Waals surface area contributed by atoms with Gasteiger partial charge in [-0.05, 0) is 32.2 Å². The number of hydrogen-bond donors (Lipinski definition) is 1. The molecule has 1 unspecified atom stereocenters. The van der Waals surface area contributed by atoms with Gasteiger partial charge in [0.15, 0.2) is 0 Å². The Bertz CT molecular complexity index is 541. The summed E-state index contributed by atoms with van der Waals surface area (Å²) in [6.07, 6.45) is 4.88. The molecule has 1 aromatic heterocycles. The van der Waals surface area contributed by atoms with E-state index in [9.17, 15) is 0 Å². The lowest BCUT2D eigenvalue weighted by Gasteiger charge is -2.16. The summed E-state index contributed by atoms with van der Waals surface area (Å²) in [4.78, 5) is 5.74. The average molecular weight is 354 g/mol. The summed E-state index contributed by atoms with van der Waals surface area (Å²) in [6.45, 7) is 3.13. The van der Waals surface area contributed by atoms with Crippen LogP contribution < -0.4 is 5.32 Å². The van der Waals surface area contributed by atoms with E-state index in [0.717, 1.165) is 29.0 Å². The Hall–Kier alpha value is -0.780. The summed E-state index contributed by atoms with van der Waals surface area (Å²) in [7, 11) is 2.02. The highest BCUT2D eigenvalue weighted by molar-refractivity contribution is 9.10. The Morgan fingerprint density at radius 2 is 2.30 bits per heavy atom. The second-order valence-electron chi connectivity index (χ2n) is 4.59. The average Bonchev–Trinajstić information content (AvgIpc) is 2.90. The van der Waals surface area contributed by atoms with Gasteiger partial charge in [-0.25, -0.2) is 4.98 Å². The molecule has 1 N–H and O–H groups in total. The molecule has 0 aliphatic rings. The van der Waals surface area contributed by atoms with Crippen LogP contribution in [0.25, 0.3) is 0 Å². The van der Waals surface area contributed by atoms with Crippen molar-refractivity contribution in [2.45, 2.75) is 30.8 Å². The van der Waals surface area contributed by atoms with Gasteiger partial charge in [0.1, 0.15) is 5.82 Å². The maximum Gasteiger partial charge on any atom is 0.110 e. The molecule has 0 aliphatic heterocycles. The molecule has 0 saturated carbocycles. The zero-order valence-corrected chi connectivity index (χ0v) is 14.2. The van der Waals surface area contributed by atoms with Crippen LogP contribution in [0.5, 0.6) is 0 Å². The molecular weight excluding hydrogens is 334 g/mol. The molecule has 3 nitrogen and oxygen atoms in total. The zero-order chi connectivity index (χ0) is 14.4. The van der Waals surface area contributed by atoms with Crippen molar-refractivity contribution >= 4 is 27.7 Å². The van der Waals surface area contributed by atoms with Crippen molar-refractivity contribution in [2.75, 3.05) is 12.8 Å². The van der Waals surface area contributed by atoms with E-state index < -0.39 is 0 Å². The van der Waals surface area contributed by atoms with Crippen LogP contribution in [0.4, 0.5) is 0 Å². The number of nitrogens with one attached hydrogen (secondary N) is 1. The van der Waals surface area contributed by atoms with Crippen LogP contribution >= 0.6 is 27.7 Å². The lowest BCUT2D eigenvalue weighted by molar-refractivity contribution is 0.573. The van der Waals surface area contributed by atoms with Gasteiger partial charge < -0.3 is 9.88 Å². The Morgan fingerprint density at radius 3 is 3.00 bits per heavy atom. The van der Waals surface area contributed by atoms with Gasteiger partial charge in [0.25, 0.3) is 0 Å². The third-order valence-corrected chi connectivity index (χ3v) is 4.88. The number of benzene rings is 1. The highest BCUT2D eigenvalue weighted by Crippen LogP contribution is 2.23. The fourth-order valence-corrected chi connectivity index (χ4v) is 3.65. The topological polar surface area (TPSA) is 29.9 Å². The molecule has 5 heteroatoms. The van der Waals surface area contributed by atoms with Crippen molar-refractivity contribution in [3.05, 3.63) is 47.0 Å². The summed E-state index contributed by atoms with van der Waals surface area (Å²) in [5.74, 6) is 2.19. The molecule has 0 radical (unpaired) electrons. The Balaban J connectivity index is 1.92. The third-order valence-electron chi connectivity index (χ3n) is 3.23. The van der Waals surface area contributed by atoms with Crippen LogP contribution in [0.15, 0.2) is 46.0 Å². The van der Waals surface area contributed by atoms with Crippen molar-refractivity contribution in [3.63, 3.8) is 0 Å². The first kappa shape index (κ1) is 15.6. The van der Waals surface area contributed by atoms with Crippen molar-refractivity contribution in [1.29, 1.82) is 0 Å². The van der Waals surface area contributed by atoms with Crippen molar-refractivity contribution in [1.82, 2.24) is 14.9 Å². The van der Waals surface area contributed by atoms with Gasteiger partial charge in [-0.2, -0.15) is 0 Å². The fourth-order valence-electron chi connectivity index (χ4n) is 2.04. The number of rotatable bonds is 7. The third kappa shape index (κ3) is 4.36. The molecule has 0 fully saturated rings. The number of nitrogens with zero attached hydrogens (tertiary/aromatic N) is 2. The number of aromatic nitrogens is 2. The number of hydrogen-bond acceptors (Lipinski definition) is 3. The maximum absolute atomic E-state index is 4.45. The van der Waals surface area contributed by atoms with Crippen molar-refractivity contribution in [2.24, 2.45) is 0 Å². The SMILES string of the molecule is CCn1ccnc1CC(CSc1cccc(Br)c1)NC.